The van der Waals surface area contributed by atoms with Crippen LogP contribution in [0.5, 0.6) is 23.1 Å². The number of fused-ring (bicyclic) bond motifs is 1. The molecule has 7 heteroatoms. The lowest BCUT2D eigenvalue weighted by molar-refractivity contribution is 0.394. The van der Waals surface area contributed by atoms with Crippen LogP contribution in [-0.4, -0.2) is 34.2 Å². The molecule has 0 radical (unpaired) electrons. The van der Waals surface area contributed by atoms with Gasteiger partial charge in [-0.2, -0.15) is 0 Å². The van der Waals surface area contributed by atoms with Crippen LogP contribution >= 0.6 is 0 Å². The van der Waals surface area contributed by atoms with Crippen molar-refractivity contribution < 1.29 is 14.2 Å². The van der Waals surface area contributed by atoms with Crippen molar-refractivity contribution in [3.63, 3.8) is 0 Å². The summed E-state index contributed by atoms with van der Waals surface area (Å²) in [7, 11) is 3.19. The highest BCUT2D eigenvalue weighted by atomic mass is 16.5. The van der Waals surface area contributed by atoms with Gasteiger partial charge in [0, 0.05) is 29.6 Å². The minimum Gasteiger partial charge on any atom is -0.497 e. The predicted octanol–water partition coefficient (Wildman–Crippen LogP) is 5.30. The lowest BCUT2D eigenvalue weighted by Gasteiger charge is -2.08. The Balaban J connectivity index is 1.51. The van der Waals surface area contributed by atoms with Gasteiger partial charge in [0.05, 0.1) is 19.9 Å². The Morgan fingerprint density at radius 2 is 1.46 bits per heavy atom. The van der Waals surface area contributed by atoms with Gasteiger partial charge in [-0.25, -0.2) is 15.0 Å². The predicted molar refractivity (Wildman–Crippen MR) is 133 cm³/mol. The van der Waals surface area contributed by atoms with Crippen LogP contribution in [0.25, 0.3) is 22.4 Å². The quantitative estimate of drug-likeness (QED) is 0.330. The first-order valence-corrected chi connectivity index (χ1v) is 10.8. The summed E-state index contributed by atoms with van der Waals surface area (Å²) in [6.07, 6.45) is 3.43. The SMILES string of the molecule is COc1cc(C#Cc2nc3ncccc3nc2Oc2ccc(-c3ccccn3)cc2)cc(OC)c1. The molecule has 35 heavy (non-hydrogen) atoms. The smallest absolute Gasteiger partial charge is 0.255 e. The molecule has 170 valence electrons. The van der Waals surface area contributed by atoms with Gasteiger partial charge in [-0.05, 0) is 66.6 Å². The van der Waals surface area contributed by atoms with Crippen molar-refractivity contribution in [3.8, 4) is 46.2 Å². The van der Waals surface area contributed by atoms with Crippen LogP contribution in [0.2, 0.25) is 0 Å². The molecular weight excluding hydrogens is 440 g/mol. The van der Waals surface area contributed by atoms with Gasteiger partial charge in [0.15, 0.2) is 11.3 Å². The normalized spacial score (nSPS) is 10.3. The lowest BCUT2D eigenvalue weighted by Crippen LogP contribution is -1.98. The first-order valence-electron chi connectivity index (χ1n) is 10.8. The molecule has 0 aliphatic carbocycles. The standard InChI is InChI=1S/C28H20N4O3/c1-33-22-16-19(17-23(18-22)34-2)8-13-26-28(32-25-7-5-15-30-27(25)31-26)35-21-11-9-20(10-12-21)24-6-3-4-14-29-24/h3-7,9-12,14-18H,1-2H3. The second kappa shape index (κ2) is 9.89. The van der Waals surface area contributed by atoms with E-state index in [0.29, 0.717) is 45.5 Å². The fraction of sp³-hybridized carbons (Fsp3) is 0.0714. The van der Waals surface area contributed by atoms with Crippen LogP contribution in [0.15, 0.2) is 85.2 Å². The van der Waals surface area contributed by atoms with Crippen molar-refractivity contribution in [1.82, 2.24) is 19.9 Å². The minimum absolute atomic E-state index is 0.290. The number of benzene rings is 2. The molecule has 0 spiro atoms. The van der Waals surface area contributed by atoms with E-state index in [9.17, 15) is 0 Å². The molecule has 0 fully saturated rings. The highest BCUT2D eigenvalue weighted by Gasteiger charge is 2.11. The molecule has 5 aromatic rings. The van der Waals surface area contributed by atoms with E-state index in [1.54, 1.807) is 38.7 Å². The summed E-state index contributed by atoms with van der Waals surface area (Å²) in [6, 6.07) is 22.5. The Hall–Kier alpha value is -4.96. The van der Waals surface area contributed by atoms with Crippen molar-refractivity contribution in [2.45, 2.75) is 0 Å². The van der Waals surface area contributed by atoms with Gasteiger partial charge in [0.25, 0.3) is 5.88 Å². The average Bonchev–Trinajstić information content (AvgIpc) is 2.92. The molecule has 0 bridgehead atoms. The molecule has 0 amide bonds. The highest BCUT2D eigenvalue weighted by Crippen LogP contribution is 2.27. The molecular formula is C28H20N4O3. The van der Waals surface area contributed by atoms with E-state index < -0.39 is 0 Å². The molecule has 2 aromatic carbocycles. The van der Waals surface area contributed by atoms with E-state index in [1.165, 1.54) is 0 Å². The first kappa shape index (κ1) is 21.9. The Morgan fingerprint density at radius 1 is 0.686 bits per heavy atom. The van der Waals surface area contributed by atoms with Crippen LogP contribution in [0.1, 0.15) is 11.3 Å². The van der Waals surface area contributed by atoms with Crippen LogP contribution < -0.4 is 14.2 Å². The molecule has 0 saturated carbocycles. The van der Waals surface area contributed by atoms with Crippen molar-refractivity contribution in [1.29, 1.82) is 0 Å². The number of rotatable bonds is 5. The summed E-state index contributed by atoms with van der Waals surface area (Å²) in [5, 5.41) is 0. The molecule has 3 aromatic heterocycles. The maximum atomic E-state index is 6.11. The fourth-order valence-electron chi connectivity index (χ4n) is 3.38. The van der Waals surface area contributed by atoms with Gasteiger partial charge < -0.3 is 14.2 Å². The topological polar surface area (TPSA) is 79.3 Å². The van der Waals surface area contributed by atoms with Gasteiger partial charge >= 0.3 is 0 Å². The summed E-state index contributed by atoms with van der Waals surface area (Å²) in [6.45, 7) is 0. The molecule has 0 N–H and O–H groups in total. The lowest BCUT2D eigenvalue weighted by atomic mass is 10.1. The summed E-state index contributed by atoms with van der Waals surface area (Å²) in [5.41, 5.74) is 4.04. The van der Waals surface area contributed by atoms with E-state index in [-0.39, 0.29) is 0 Å². The highest BCUT2D eigenvalue weighted by molar-refractivity contribution is 5.71. The first-order chi connectivity index (χ1) is 17.2. The summed E-state index contributed by atoms with van der Waals surface area (Å²) >= 11 is 0. The second-order valence-corrected chi connectivity index (χ2v) is 7.42. The van der Waals surface area contributed by atoms with E-state index in [2.05, 4.69) is 31.8 Å². The number of nitrogens with zero attached hydrogens (tertiary/aromatic N) is 4. The molecule has 0 unspecified atom stereocenters. The van der Waals surface area contributed by atoms with Gasteiger partial charge in [-0.3, -0.25) is 4.98 Å². The van der Waals surface area contributed by atoms with Gasteiger partial charge in [0.2, 0.25) is 0 Å². The monoisotopic (exact) mass is 460 g/mol. The maximum Gasteiger partial charge on any atom is 0.255 e. The Labute approximate surface area is 202 Å². The second-order valence-electron chi connectivity index (χ2n) is 7.42. The van der Waals surface area contributed by atoms with Crippen molar-refractivity contribution in [2.24, 2.45) is 0 Å². The number of pyridine rings is 2. The summed E-state index contributed by atoms with van der Waals surface area (Å²) in [4.78, 5) is 17.9. The molecule has 0 atom stereocenters. The van der Waals surface area contributed by atoms with Crippen molar-refractivity contribution in [2.75, 3.05) is 14.2 Å². The number of methoxy groups -OCH3 is 2. The molecule has 3 heterocycles. The number of ether oxygens (including phenoxy) is 3. The maximum absolute atomic E-state index is 6.11. The molecule has 7 nitrogen and oxygen atoms in total. The van der Waals surface area contributed by atoms with Gasteiger partial charge in [-0.1, -0.05) is 12.0 Å². The fourth-order valence-corrected chi connectivity index (χ4v) is 3.38. The van der Waals surface area contributed by atoms with Gasteiger partial charge in [-0.15, -0.1) is 0 Å². The molecule has 0 aliphatic rings. The zero-order chi connectivity index (χ0) is 24.0. The van der Waals surface area contributed by atoms with Crippen LogP contribution in [0, 0.1) is 11.8 Å². The zero-order valence-electron chi connectivity index (χ0n) is 19.1. The van der Waals surface area contributed by atoms with E-state index in [4.69, 9.17) is 14.2 Å². The summed E-state index contributed by atoms with van der Waals surface area (Å²) < 4.78 is 16.8. The Bertz CT molecular complexity index is 1520. The van der Waals surface area contributed by atoms with Crippen LogP contribution in [-0.2, 0) is 0 Å². The third-order valence-corrected chi connectivity index (χ3v) is 5.11. The third-order valence-electron chi connectivity index (χ3n) is 5.11. The Morgan fingerprint density at radius 3 is 2.17 bits per heavy atom. The third kappa shape index (κ3) is 5.02. The molecule has 0 saturated heterocycles. The van der Waals surface area contributed by atoms with E-state index in [0.717, 1.165) is 11.3 Å². The average molecular weight is 460 g/mol. The van der Waals surface area contributed by atoms with Gasteiger partial charge in [0.1, 0.15) is 22.8 Å². The minimum atomic E-state index is 0.290. The van der Waals surface area contributed by atoms with Crippen LogP contribution in [0.4, 0.5) is 0 Å². The van der Waals surface area contributed by atoms with E-state index >= 15 is 0 Å². The number of aromatic nitrogens is 4. The summed E-state index contributed by atoms with van der Waals surface area (Å²) in [5.74, 6) is 8.36. The van der Waals surface area contributed by atoms with Crippen molar-refractivity contribution >= 4 is 11.2 Å². The van der Waals surface area contributed by atoms with E-state index in [1.807, 2.05) is 60.7 Å². The molecule has 5 rings (SSSR count). The Kier molecular flexibility index (Phi) is 6.18. The van der Waals surface area contributed by atoms with Crippen LogP contribution in [0.3, 0.4) is 0 Å². The largest absolute Gasteiger partial charge is 0.497 e. The van der Waals surface area contributed by atoms with Crippen molar-refractivity contribution in [3.05, 3.63) is 96.4 Å². The molecule has 0 aliphatic heterocycles. The zero-order valence-corrected chi connectivity index (χ0v) is 19.1. The number of hydrogen-bond acceptors (Lipinski definition) is 7. The number of hydrogen-bond donors (Lipinski definition) is 0.